The molecule has 1 aliphatic rings. The zero-order chi connectivity index (χ0) is 19.3. The highest BCUT2D eigenvalue weighted by molar-refractivity contribution is 8.00. The minimum atomic E-state index is 0.171. The lowest BCUT2D eigenvalue weighted by molar-refractivity contribution is 0.193. The first kappa shape index (κ1) is 19.3. The SMILES string of the molecule is COCCCNC1c2ccc(Oc3ccccc3)cc2SN(C)c2ccsc21. The first-order chi connectivity index (χ1) is 13.8. The van der Waals surface area contributed by atoms with Gasteiger partial charge < -0.3 is 19.1 Å². The number of hydrogen-bond donors (Lipinski definition) is 1. The fourth-order valence-corrected chi connectivity index (χ4v) is 5.40. The van der Waals surface area contributed by atoms with Crippen LogP contribution < -0.4 is 14.4 Å². The molecule has 3 aromatic rings. The first-order valence-electron chi connectivity index (χ1n) is 9.34. The molecule has 4 nitrogen and oxygen atoms in total. The van der Waals surface area contributed by atoms with Crippen molar-refractivity contribution in [3.8, 4) is 11.5 Å². The Morgan fingerprint density at radius 1 is 1.07 bits per heavy atom. The van der Waals surface area contributed by atoms with Crippen molar-refractivity contribution in [3.05, 3.63) is 70.4 Å². The Balaban J connectivity index is 1.64. The number of rotatable bonds is 7. The lowest BCUT2D eigenvalue weighted by Crippen LogP contribution is -2.24. The van der Waals surface area contributed by atoms with Crippen molar-refractivity contribution in [2.45, 2.75) is 17.4 Å². The molecule has 0 aliphatic carbocycles. The second-order valence-corrected chi connectivity index (χ2v) is 8.72. The van der Waals surface area contributed by atoms with Crippen LogP contribution >= 0.6 is 23.3 Å². The summed E-state index contributed by atoms with van der Waals surface area (Å²) in [6.45, 7) is 1.67. The molecule has 4 rings (SSSR count). The smallest absolute Gasteiger partial charge is 0.128 e. The maximum atomic E-state index is 6.06. The number of thiophene rings is 1. The molecule has 0 saturated heterocycles. The summed E-state index contributed by atoms with van der Waals surface area (Å²) < 4.78 is 13.5. The fraction of sp³-hybridized carbons (Fsp3) is 0.273. The summed E-state index contributed by atoms with van der Waals surface area (Å²) in [6.07, 6.45) is 0.987. The number of ether oxygens (including phenoxy) is 2. The fourth-order valence-electron chi connectivity index (χ4n) is 3.31. The molecular formula is C22H24N2O2S2. The molecule has 1 aliphatic heterocycles. The van der Waals surface area contributed by atoms with Crippen LogP contribution in [0, 0.1) is 0 Å². The summed E-state index contributed by atoms with van der Waals surface area (Å²) in [4.78, 5) is 2.56. The maximum absolute atomic E-state index is 6.06. The van der Waals surface area contributed by atoms with Gasteiger partial charge in [-0.1, -0.05) is 24.3 Å². The first-order valence-corrected chi connectivity index (χ1v) is 11.0. The molecule has 2 heterocycles. The number of fused-ring (bicyclic) bond motifs is 2. The Morgan fingerprint density at radius 3 is 2.75 bits per heavy atom. The van der Waals surface area contributed by atoms with Crippen LogP contribution in [-0.2, 0) is 4.74 Å². The number of para-hydroxylation sites is 1. The van der Waals surface area contributed by atoms with Gasteiger partial charge in [-0.2, -0.15) is 0 Å². The Labute approximate surface area is 174 Å². The number of methoxy groups -OCH3 is 1. The third-order valence-corrected chi connectivity index (χ3v) is 6.65. The monoisotopic (exact) mass is 412 g/mol. The van der Waals surface area contributed by atoms with Crippen molar-refractivity contribution in [2.75, 3.05) is 31.6 Å². The van der Waals surface area contributed by atoms with Gasteiger partial charge in [0.1, 0.15) is 11.5 Å². The van der Waals surface area contributed by atoms with Gasteiger partial charge in [0.05, 0.1) is 16.6 Å². The molecule has 1 N–H and O–H groups in total. The third-order valence-electron chi connectivity index (χ3n) is 4.66. The molecule has 0 radical (unpaired) electrons. The van der Waals surface area contributed by atoms with Crippen LogP contribution in [0.3, 0.4) is 0 Å². The third kappa shape index (κ3) is 4.20. The molecule has 1 unspecified atom stereocenters. The largest absolute Gasteiger partial charge is 0.457 e. The Bertz CT molecular complexity index is 914. The molecule has 0 fully saturated rings. The highest BCUT2D eigenvalue weighted by atomic mass is 32.2. The minimum Gasteiger partial charge on any atom is -0.457 e. The molecule has 6 heteroatoms. The second kappa shape index (κ2) is 9.01. The minimum absolute atomic E-state index is 0.171. The van der Waals surface area contributed by atoms with Crippen LogP contribution in [-0.4, -0.2) is 27.3 Å². The van der Waals surface area contributed by atoms with Gasteiger partial charge in [-0.3, -0.25) is 0 Å². The second-order valence-electron chi connectivity index (χ2n) is 6.61. The number of nitrogens with zero attached hydrogens (tertiary/aromatic N) is 1. The molecule has 0 spiro atoms. The number of benzene rings is 2. The number of anilines is 1. The lowest BCUT2D eigenvalue weighted by atomic mass is 10.0. The van der Waals surface area contributed by atoms with E-state index in [9.17, 15) is 0 Å². The van der Waals surface area contributed by atoms with Crippen LogP contribution in [0.2, 0.25) is 0 Å². The summed E-state index contributed by atoms with van der Waals surface area (Å²) in [6, 6.07) is 18.7. The van der Waals surface area contributed by atoms with Crippen molar-refractivity contribution in [1.29, 1.82) is 0 Å². The predicted octanol–water partition coefficient (Wildman–Crippen LogP) is 5.71. The van der Waals surface area contributed by atoms with E-state index in [1.807, 2.05) is 30.3 Å². The van der Waals surface area contributed by atoms with E-state index >= 15 is 0 Å². The van der Waals surface area contributed by atoms with E-state index in [1.165, 1.54) is 21.0 Å². The molecule has 1 atom stereocenters. The average molecular weight is 413 g/mol. The predicted molar refractivity (Wildman–Crippen MR) is 118 cm³/mol. The molecule has 0 saturated carbocycles. The van der Waals surface area contributed by atoms with Gasteiger partial charge in [0, 0.05) is 25.7 Å². The van der Waals surface area contributed by atoms with E-state index in [0.717, 1.165) is 31.1 Å². The topological polar surface area (TPSA) is 33.7 Å². The van der Waals surface area contributed by atoms with Gasteiger partial charge in [0.25, 0.3) is 0 Å². The molecular weight excluding hydrogens is 388 g/mol. The van der Waals surface area contributed by atoms with E-state index in [1.54, 1.807) is 30.4 Å². The lowest BCUT2D eigenvalue weighted by Gasteiger charge is -2.19. The van der Waals surface area contributed by atoms with Crippen LogP contribution in [0.4, 0.5) is 5.69 Å². The van der Waals surface area contributed by atoms with Crippen molar-refractivity contribution in [3.63, 3.8) is 0 Å². The number of hydrogen-bond acceptors (Lipinski definition) is 6. The molecule has 1 aromatic heterocycles. The van der Waals surface area contributed by atoms with Crippen molar-refractivity contribution in [2.24, 2.45) is 0 Å². The Hall–Kier alpha value is -1.99. The molecule has 0 bridgehead atoms. The van der Waals surface area contributed by atoms with Gasteiger partial charge in [-0.25, -0.2) is 0 Å². The summed E-state index contributed by atoms with van der Waals surface area (Å²) in [5.41, 5.74) is 2.55. The van der Waals surface area contributed by atoms with Gasteiger partial charge in [0.2, 0.25) is 0 Å². The summed E-state index contributed by atoms with van der Waals surface area (Å²) >= 11 is 3.55. The highest BCUT2D eigenvalue weighted by Crippen LogP contribution is 2.46. The van der Waals surface area contributed by atoms with E-state index in [4.69, 9.17) is 9.47 Å². The quantitative estimate of drug-likeness (QED) is 0.397. The normalized spacial score (nSPS) is 15.6. The van der Waals surface area contributed by atoms with Gasteiger partial charge in [0.15, 0.2) is 0 Å². The zero-order valence-electron chi connectivity index (χ0n) is 16.1. The van der Waals surface area contributed by atoms with E-state index in [0.29, 0.717) is 0 Å². The van der Waals surface area contributed by atoms with Gasteiger partial charge in [-0.05, 0) is 66.2 Å². The maximum Gasteiger partial charge on any atom is 0.128 e. The van der Waals surface area contributed by atoms with Crippen LogP contribution in [0.25, 0.3) is 0 Å². The van der Waals surface area contributed by atoms with Crippen LogP contribution in [0.1, 0.15) is 22.9 Å². The van der Waals surface area contributed by atoms with Gasteiger partial charge >= 0.3 is 0 Å². The van der Waals surface area contributed by atoms with E-state index < -0.39 is 0 Å². The van der Waals surface area contributed by atoms with Crippen molar-refractivity contribution >= 4 is 29.0 Å². The zero-order valence-corrected chi connectivity index (χ0v) is 17.7. The van der Waals surface area contributed by atoms with Crippen molar-refractivity contribution in [1.82, 2.24) is 5.32 Å². The summed E-state index contributed by atoms with van der Waals surface area (Å²) in [5.74, 6) is 1.71. The standard InChI is InChI=1S/C22H24N2O2S2/c1-24-19-11-14-27-22(19)21(23-12-6-13-25-2)18-10-9-17(15-20(18)28-24)26-16-7-4-3-5-8-16/h3-5,7-11,14-15,21,23H,6,12-13H2,1-2H3. The Morgan fingerprint density at radius 2 is 1.93 bits per heavy atom. The number of nitrogens with one attached hydrogen (secondary N) is 1. The molecule has 28 heavy (non-hydrogen) atoms. The van der Waals surface area contributed by atoms with Crippen molar-refractivity contribution < 1.29 is 9.47 Å². The molecule has 2 aromatic carbocycles. The van der Waals surface area contributed by atoms with Gasteiger partial charge in [-0.15, -0.1) is 11.3 Å². The Kier molecular flexibility index (Phi) is 6.22. The van der Waals surface area contributed by atoms with Crippen LogP contribution in [0.15, 0.2) is 64.9 Å². The average Bonchev–Trinajstić information content (AvgIpc) is 3.16. The summed E-state index contributed by atoms with van der Waals surface area (Å²) in [5, 5.41) is 5.90. The summed E-state index contributed by atoms with van der Waals surface area (Å²) in [7, 11) is 3.87. The van der Waals surface area contributed by atoms with E-state index in [2.05, 4.69) is 46.3 Å². The molecule has 146 valence electrons. The van der Waals surface area contributed by atoms with Crippen LogP contribution in [0.5, 0.6) is 11.5 Å². The molecule has 0 amide bonds. The van der Waals surface area contributed by atoms with E-state index in [-0.39, 0.29) is 6.04 Å². The highest BCUT2D eigenvalue weighted by Gasteiger charge is 2.28.